The molecule has 3 atom stereocenters. The third-order valence-corrected chi connectivity index (χ3v) is 6.74. The number of nitrogens with one attached hydrogen (secondary N) is 1. The average molecular weight is 336 g/mol. The highest BCUT2D eigenvalue weighted by atomic mass is 16.6. The number of hydrogen-bond donors (Lipinski definition) is 1. The van der Waals surface area contributed by atoms with Crippen LogP contribution in [0.15, 0.2) is 0 Å². The van der Waals surface area contributed by atoms with Gasteiger partial charge >= 0.3 is 6.09 Å². The quantitative estimate of drug-likeness (QED) is 0.858. The van der Waals surface area contributed by atoms with Crippen LogP contribution in [0.2, 0.25) is 0 Å². The Kier molecular flexibility index (Phi) is 4.50. The Morgan fingerprint density at radius 2 is 2.04 bits per heavy atom. The molecule has 4 aliphatic rings. The zero-order chi connectivity index (χ0) is 16.7. The summed E-state index contributed by atoms with van der Waals surface area (Å²) in [6.07, 6.45) is 7.76. The van der Waals surface area contributed by atoms with E-state index in [-0.39, 0.29) is 6.09 Å². The molecule has 2 heterocycles. The van der Waals surface area contributed by atoms with Crippen molar-refractivity contribution in [1.82, 2.24) is 10.2 Å². The highest BCUT2D eigenvalue weighted by Gasteiger charge is 2.66. The molecule has 2 saturated carbocycles. The molecule has 136 valence electrons. The first-order chi connectivity index (χ1) is 11.6. The maximum atomic E-state index is 12.1. The van der Waals surface area contributed by atoms with Crippen molar-refractivity contribution >= 4 is 6.09 Å². The van der Waals surface area contributed by atoms with Gasteiger partial charge in [0.05, 0.1) is 12.7 Å². The van der Waals surface area contributed by atoms with Crippen molar-refractivity contribution in [3.8, 4) is 0 Å². The van der Waals surface area contributed by atoms with Gasteiger partial charge in [0.15, 0.2) is 0 Å². The SMILES string of the molecule is CC(C)COC(=O)N1CCC(NC2C3CCOC3C23CCC3)CC1. The molecule has 0 aromatic heterocycles. The van der Waals surface area contributed by atoms with Crippen molar-refractivity contribution < 1.29 is 14.3 Å². The predicted octanol–water partition coefficient (Wildman–Crippen LogP) is 2.79. The molecule has 24 heavy (non-hydrogen) atoms. The molecular formula is C19H32N2O3. The summed E-state index contributed by atoms with van der Waals surface area (Å²) >= 11 is 0. The minimum Gasteiger partial charge on any atom is -0.449 e. The molecule has 0 bridgehead atoms. The molecule has 0 aromatic rings. The maximum absolute atomic E-state index is 12.1. The lowest BCUT2D eigenvalue weighted by molar-refractivity contribution is -0.179. The molecular weight excluding hydrogens is 304 g/mol. The van der Waals surface area contributed by atoms with E-state index in [1.807, 2.05) is 4.90 Å². The summed E-state index contributed by atoms with van der Waals surface area (Å²) in [5.74, 6) is 1.13. The second-order valence-corrected chi connectivity index (χ2v) is 8.71. The average Bonchev–Trinajstić information content (AvgIpc) is 2.94. The molecule has 2 aliphatic carbocycles. The highest BCUT2D eigenvalue weighted by molar-refractivity contribution is 5.67. The molecule has 0 aromatic carbocycles. The molecule has 2 saturated heterocycles. The minimum atomic E-state index is -0.134. The summed E-state index contributed by atoms with van der Waals surface area (Å²) in [6.45, 7) is 7.24. The largest absolute Gasteiger partial charge is 0.449 e. The van der Waals surface area contributed by atoms with Gasteiger partial charge in [-0.3, -0.25) is 0 Å². The third kappa shape index (κ3) is 2.74. The van der Waals surface area contributed by atoms with Crippen molar-refractivity contribution in [3.63, 3.8) is 0 Å². The molecule has 4 rings (SSSR count). The number of carbonyl (C=O) groups is 1. The number of nitrogens with zero attached hydrogens (tertiary/aromatic N) is 1. The van der Waals surface area contributed by atoms with E-state index in [4.69, 9.17) is 9.47 Å². The minimum absolute atomic E-state index is 0.134. The Labute approximate surface area is 145 Å². The van der Waals surface area contributed by atoms with Crippen LogP contribution >= 0.6 is 0 Å². The molecule has 4 fully saturated rings. The highest BCUT2D eigenvalue weighted by Crippen LogP contribution is 2.62. The first-order valence-electron chi connectivity index (χ1n) is 9.89. The van der Waals surface area contributed by atoms with Crippen molar-refractivity contribution in [2.45, 2.75) is 70.6 Å². The van der Waals surface area contributed by atoms with Crippen LogP contribution < -0.4 is 5.32 Å². The molecule has 3 unspecified atom stereocenters. The molecule has 1 spiro atoms. The molecule has 2 aliphatic heterocycles. The number of amides is 1. The summed E-state index contributed by atoms with van der Waals surface area (Å²) in [5, 5.41) is 3.97. The van der Waals surface area contributed by atoms with E-state index < -0.39 is 0 Å². The number of likely N-dealkylation sites (tertiary alicyclic amines) is 1. The van der Waals surface area contributed by atoms with Crippen molar-refractivity contribution in [3.05, 3.63) is 0 Å². The van der Waals surface area contributed by atoms with Crippen LogP contribution in [-0.4, -0.2) is 55.5 Å². The van der Waals surface area contributed by atoms with E-state index in [1.54, 1.807) is 0 Å². The van der Waals surface area contributed by atoms with Crippen molar-refractivity contribution in [2.24, 2.45) is 17.3 Å². The van der Waals surface area contributed by atoms with E-state index in [0.717, 1.165) is 38.5 Å². The Hall–Kier alpha value is -0.810. The predicted molar refractivity (Wildman–Crippen MR) is 91.8 cm³/mol. The summed E-state index contributed by atoms with van der Waals surface area (Å²) in [4.78, 5) is 14.0. The number of rotatable bonds is 4. The molecule has 1 N–H and O–H groups in total. The lowest BCUT2D eigenvalue weighted by Crippen LogP contribution is -2.72. The number of carbonyl (C=O) groups excluding carboxylic acids is 1. The molecule has 1 amide bonds. The standard InChI is InChI=1S/C19H32N2O3/c1-13(2)12-24-18(22)21-9-4-14(5-10-21)20-16-15-6-11-23-17(15)19(16)7-3-8-19/h13-17,20H,3-12H2,1-2H3. The topological polar surface area (TPSA) is 50.8 Å². The van der Waals surface area contributed by atoms with Crippen LogP contribution in [0.25, 0.3) is 0 Å². The summed E-state index contributed by atoms with van der Waals surface area (Å²) in [7, 11) is 0. The second kappa shape index (κ2) is 6.49. The smallest absolute Gasteiger partial charge is 0.409 e. The van der Waals surface area contributed by atoms with Gasteiger partial charge in [0.1, 0.15) is 0 Å². The number of ether oxygens (including phenoxy) is 2. The first-order valence-corrected chi connectivity index (χ1v) is 9.89. The van der Waals surface area contributed by atoms with Gasteiger partial charge in [0.2, 0.25) is 0 Å². The van der Waals surface area contributed by atoms with Crippen LogP contribution in [0.5, 0.6) is 0 Å². The van der Waals surface area contributed by atoms with E-state index in [9.17, 15) is 4.79 Å². The van der Waals surface area contributed by atoms with Gasteiger partial charge in [-0.15, -0.1) is 0 Å². The van der Waals surface area contributed by atoms with E-state index in [2.05, 4.69) is 19.2 Å². The lowest BCUT2D eigenvalue weighted by atomic mass is 9.46. The van der Waals surface area contributed by atoms with E-state index in [0.29, 0.717) is 36.1 Å². The molecule has 5 nitrogen and oxygen atoms in total. The number of piperidine rings is 1. The number of hydrogen-bond acceptors (Lipinski definition) is 4. The van der Waals surface area contributed by atoms with Crippen LogP contribution in [0.4, 0.5) is 4.79 Å². The monoisotopic (exact) mass is 336 g/mol. The van der Waals surface area contributed by atoms with Crippen LogP contribution in [0, 0.1) is 17.3 Å². The van der Waals surface area contributed by atoms with Gasteiger partial charge in [-0.1, -0.05) is 20.3 Å². The zero-order valence-corrected chi connectivity index (χ0v) is 15.1. The Bertz CT molecular complexity index is 469. The number of fused-ring (bicyclic) bond motifs is 2. The third-order valence-electron chi connectivity index (χ3n) is 6.74. The van der Waals surface area contributed by atoms with Crippen LogP contribution in [-0.2, 0) is 9.47 Å². The van der Waals surface area contributed by atoms with Crippen molar-refractivity contribution in [1.29, 1.82) is 0 Å². The maximum Gasteiger partial charge on any atom is 0.409 e. The van der Waals surface area contributed by atoms with Crippen molar-refractivity contribution in [2.75, 3.05) is 26.3 Å². The summed E-state index contributed by atoms with van der Waals surface area (Å²) in [5.41, 5.74) is 0.453. The second-order valence-electron chi connectivity index (χ2n) is 8.71. The van der Waals surface area contributed by atoms with Crippen LogP contribution in [0.1, 0.15) is 52.4 Å². The normalized spacial score (nSPS) is 34.8. The molecule has 5 heteroatoms. The van der Waals surface area contributed by atoms with Gasteiger partial charge in [-0.2, -0.15) is 0 Å². The van der Waals surface area contributed by atoms with Gasteiger partial charge in [-0.25, -0.2) is 4.79 Å². The Morgan fingerprint density at radius 3 is 2.67 bits per heavy atom. The molecule has 0 radical (unpaired) electrons. The van der Waals surface area contributed by atoms with Gasteiger partial charge < -0.3 is 19.7 Å². The van der Waals surface area contributed by atoms with Gasteiger partial charge in [0, 0.05) is 43.1 Å². The first kappa shape index (κ1) is 16.6. The van der Waals surface area contributed by atoms with Crippen LogP contribution in [0.3, 0.4) is 0 Å². The fraction of sp³-hybridized carbons (Fsp3) is 0.947. The van der Waals surface area contributed by atoms with Gasteiger partial charge in [-0.05, 0) is 38.0 Å². The van der Waals surface area contributed by atoms with E-state index >= 15 is 0 Å². The Morgan fingerprint density at radius 1 is 1.29 bits per heavy atom. The Balaban J connectivity index is 1.26. The van der Waals surface area contributed by atoms with E-state index in [1.165, 1.54) is 25.7 Å². The zero-order valence-electron chi connectivity index (χ0n) is 15.1. The van der Waals surface area contributed by atoms with Gasteiger partial charge in [0.25, 0.3) is 0 Å². The fourth-order valence-electron chi connectivity index (χ4n) is 5.31. The summed E-state index contributed by atoms with van der Waals surface area (Å²) in [6, 6.07) is 1.20. The summed E-state index contributed by atoms with van der Waals surface area (Å²) < 4.78 is 11.4. The fourth-order valence-corrected chi connectivity index (χ4v) is 5.31. The lowest BCUT2D eigenvalue weighted by Gasteiger charge is -2.64.